The molecule has 1 amide bonds. The molecule has 29 heavy (non-hydrogen) atoms. The maximum atomic E-state index is 12.5. The smallest absolute Gasteiger partial charge is 0.255 e. The number of rotatable bonds is 4. The Kier molecular flexibility index (Phi) is 4.40. The maximum Gasteiger partial charge on any atom is 0.255 e. The van der Waals surface area contributed by atoms with E-state index in [0.717, 1.165) is 46.9 Å². The zero-order valence-electron chi connectivity index (χ0n) is 15.8. The van der Waals surface area contributed by atoms with Crippen molar-refractivity contribution in [3.05, 3.63) is 66.5 Å². The molecule has 2 N–H and O–H groups in total. The number of carbonyl (C=O) groups excluding carboxylic acids is 1. The predicted octanol–water partition coefficient (Wildman–Crippen LogP) is 3.87. The molecule has 4 aromatic rings. The molecule has 1 fully saturated rings. The van der Waals surface area contributed by atoms with Crippen LogP contribution in [0, 0.1) is 0 Å². The molecule has 1 aliphatic heterocycles. The molecule has 3 heterocycles. The second kappa shape index (κ2) is 7.35. The van der Waals surface area contributed by atoms with Crippen molar-refractivity contribution in [2.24, 2.45) is 0 Å². The van der Waals surface area contributed by atoms with Gasteiger partial charge in [-0.1, -0.05) is 12.1 Å². The van der Waals surface area contributed by atoms with Crippen LogP contribution in [0.15, 0.2) is 60.9 Å². The van der Waals surface area contributed by atoms with E-state index in [4.69, 9.17) is 0 Å². The Morgan fingerprint density at radius 1 is 0.966 bits per heavy atom. The van der Waals surface area contributed by atoms with Crippen molar-refractivity contribution < 1.29 is 4.79 Å². The summed E-state index contributed by atoms with van der Waals surface area (Å²) in [6.45, 7) is 2.10. The lowest BCUT2D eigenvalue weighted by molar-refractivity contribution is 0.102. The van der Waals surface area contributed by atoms with Gasteiger partial charge < -0.3 is 15.2 Å². The van der Waals surface area contributed by atoms with E-state index in [1.807, 2.05) is 42.5 Å². The third kappa shape index (κ3) is 3.54. The van der Waals surface area contributed by atoms with E-state index in [0.29, 0.717) is 5.56 Å². The van der Waals surface area contributed by atoms with Crippen LogP contribution in [0.4, 0.5) is 11.5 Å². The van der Waals surface area contributed by atoms with Crippen LogP contribution in [-0.4, -0.2) is 39.2 Å². The summed E-state index contributed by atoms with van der Waals surface area (Å²) < 4.78 is 0. The number of amides is 1. The van der Waals surface area contributed by atoms with Crippen molar-refractivity contribution in [3.63, 3.8) is 0 Å². The van der Waals surface area contributed by atoms with Crippen molar-refractivity contribution >= 4 is 28.4 Å². The van der Waals surface area contributed by atoms with Crippen molar-refractivity contribution in [3.8, 4) is 11.3 Å². The van der Waals surface area contributed by atoms with Gasteiger partial charge in [-0.2, -0.15) is 0 Å². The highest BCUT2D eigenvalue weighted by molar-refractivity contribution is 6.06. The first kappa shape index (κ1) is 17.4. The van der Waals surface area contributed by atoms with E-state index in [-0.39, 0.29) is 5.91 Å². The summed E-state index contributed by atoms with van der Waals surface area (Å²) in [5.74, 6) is 0.772. The minimum Gasteiger partial charge on any atom is -0.355 e. The first-order valence-corrected chi connectivity index (χ1v) is 9.70. The highest BCUT2D eigenvalue weighted by Gasteiger charge is 2.14. The van der Waals surface area contributed by atoms with E-state index >= 15 is 0 Å². The summed E-state index contributed by atoms with van der Waals surface area (Å²) >= 11 is 0. The van der Waals surface area contributed by atoms with Crippen LogP contribution in [0.3, 0.4) is 0 Å². The van der Waals surface area contributed by atoms with Gasteiger partial charge in [0, 0.05) is 29.9 Å². The fourth-order valence-corrected chi connectivity index (χ4v) is 3.60. The molecular formula is C22H20N6O. The number of benzene rings is 2. The molecule has 5 rings (SSSR count). The molecule has 0 aliphatic carbocycles. The summed E-state index contributed by atoms with van der Waals surface area (Å²) in [6, 6.07) is 17.0. The highest BCUT2D eigenvalue weighted by Crippen LogP contribution is 2.23. The Bertz CT molecular complexity index is 1140. The first-order valence-electron chi connectivity index (χ1n) is 9.70. The summed E-state index contributed by atoms with van der Waals surface area (Å²) in [5, 5.41) is 11.7. The lowest BCUT2D eigenvalue weighted by Crippen LogP contribution is -2.19. The van der Waals surface area contributed by atoms with Gasteiger partial charge >= 0.3 is 0 Å². The summed E-state index contributed by atoms with van der Waals surface area (Å²) in [7, 11) is 0. The minimum absolute atomic E-state index is 0.163. The van der Waals surface area contributed by atoms with E-state index in [1.54, 1.807) is 18.5 Å². The second-order valence-corrected chi connectivity index (χ2v) is 7.14. The third-order valence-corrected chi connectivity index (χ3v) is 5.20. The monoisotopic (exact) mass is 384 g/mol. The van der Waals surface area contributed by atoms with Crippen LogP contribution < -0.4 is 10.2 Å². The number of carbonyl (C=O) groups is 1. The number of aromatic amines is 1. The molecule has 0 bridgehead atoms. The molecule has 0 spiro atoms. The van der Waals surface area contributed by atoms with Gasteiger partial charge in [0.15, 0.2) is 5.82 Å². The van der Waals surface area contributed by atoms with Gasteiger partial charge in [-0.15, -0.1) is 10.2 Å². The van der Waals surface area contributed by atoms with Gasteiger partial charge in [0.25, 0.3) is 5.91 Å². The zero-order chi connectivity index (χ0) is 19.6. The lowest BCUT2D eigenvalue weighted by atomic mass is 10.1. The number of nitrogens with zero attached hydrogens (tertiary/aromatic N) is 4. The molecule has 2 aromatic carbocycles. The Morgan fingerprint density at radius 3 is 2.55 bits per heavy atom. The summed E-state index contributed by atoms with van der Waals surface area (Å²) in [4.78, 5) is 22.0. The predicted molar refractivity (Wildman–Crippen MR) is 113 cm³/mol. The Labute approximate surface area is 167 Å². The third-order valence-electron chi connectivity index (χ3n) is 5.20. The number of aromatic nitrogens is 4. The van der Waals surface area contributed by atoms with Gasteiger partial charge in [0.05, 0.1) is 23.1 Å². The van der Waals surface area contributed by atoms with Crippen molar-refractivity contribution in [1.29, 1.82) is 0 Å². The molecule has 1 aliphatic rings. The SMILES string of the molecule is O=C(Nc1ccc(-c2ccc(N3CCCC3)nn2)cc1)c1ccc2nc[nH]c2c1. The van der Waals surface area contributed by atoms with Crippen molar-refractivity contribution in [1.82, 2.24) is 20.2 Å². The molecule has 7 heteroatoms. The second-order valence-electron chi connectivity index (χ2n) is 7.14. The van der Waals surface area contributed by atoms with E-state index in [1.165, 1.54) is 12.8 Å². The fourth-order valence-electron chi connectivity index (χ4n) is 3.60. The molecule has 0 atom stereocenters. The number of hydrogen-bond donors (Lipinski definition) is 2. The van der Waals surface area contributed by atoms with Crippen LogP contribution in [0.1, 0.15) is 23.2 Å². The normalized spacial score (nSPS) is 13.7. The lowest BCUT2D eigenvalue weighted by Gasteiger charge is -2.15. The molecule has 0 saturated carbocycles. The number of hydrogen-bond acceptors (Lipinski definition) is 5. The number of fused-ring (bicyclic) bond motifs is 1. The van der Waals surface area contributed by atoms with Crippen LogP contribution in [-0.2, 0) is 0 Å². The largest absolute Gasteiger partial charge is 0.355 e. The van der Waals surface area contributed by atoms with E-state index in [9.17, 15) is 4.79 Å². The first-order chi connectivity index (χ1) is 14.3. The minimum atomic E-state index is -0.163. The molecular weight excluding hydrogens is 364 g/mol. The van der Waals surface area contributed by atoms with Crippen molar-refractivity contribution in [2.75, 3.05) is 23.3 Å². The Morgan fingerprint density at radius 2 is 1.79 bits per heavy atom. The fraction of sp³-hybridized carbons (Fsp3) is 0.182. The van der Waals surface area contributed by atoms with Gasteiger partial charge in [0.1, 0.15) is 0 Å². The van der Waals surface area contributed by atoms with Crippen LogP contribution >= 0.6 is 0 Å². The summed E-state index contributed by atoms with van der Waals surface area (Å²) in [5.41, 5.74) is 4.75. The molecule has 144 valence electrons. The number of anilines is 2. The maximum absolute atomic E-state index is 12.5. The van der Waals surface area contributed by atoms with Crippen LogP contribution in [0.2, 0.25) is 0 Å². The van der Waals surface area contributed by atoms with Gasteiger partial charge in [-0.3, -0.25) is 4.79 Å². The van der Waals surface area contributed by atoms with Gasteiger partial charge in [0.2, 0.25) is 0 Å². The number of imidazole rings is 1. The van der Waals surface area contributed by atoms with E-state index < -0.39 is 0 Å². The average molecular weight is 384 g/mol. The van der Waals surface area contributed by atoms with E-state index in [2.05, 4.69) is 30.4 Å². The summed E-state index contributed by atoms with van der Waals surface area (Å²) in [6.07, 6.45) is 4.05. The van der Waals surface area contributed by atoms with Gasteiger partial charge in [-0.25, -0.2) is 4.98 Å². The quantitative estimate of drug-likeness (QED) is 0.558. The van der Waals surface area contributed by atoms with Gasteiger partial charge in [-0.05, 0) is 55.3 Å². The zero-order valence-corrected chi connectivity index (χ0v) is 15.8. The Hall–Kier alpha value is -3.74. The molecule has 0 radical (unpaired) electrons. The molecule has 7 nitrogen and oxygen atoms in total. The Balaban J connectivity index is 1.28. The molecule has 1 saturated heterocycles. The van der Waals surface area contributed by atoms with Crippen LogP contribution in [0.25, 0.3) is 22.3 Å². The topological polar surface area (TPSA) is 86.8 Å². The molecule has 2 aromatic heterocycles. The average Bonchev–Trinajstić information content (AvgIpc) is 3.46. The number of H-pyrrole nitrogens is 1. The van der Waals surface area contributed by atoms with Crippen LogP contribution in [0.5, 0.6) is 0 Å². The highest BCUT2D eigenvalue weighted by atomic mass is 16.1. The van der Waals surface area contributed by atoms with Crippen molar-refractivity contribution in [2.45, 2.75) is 12.8 Å². The standard InChI is InChI=1S/C22H20N6O/c29-22(16-5-8-19-20(13-16)24-14-23-19)25-17-6-3-15(4-7-17)18-9-10-21(27-26-18)28-11-1-2-12-28/h3-10,13-14H,1-2,11-12H2,(H,23,24)(H,25,29). The number of nitrogens with one attached hydrogen (secondary N) is 2. The molecule has 0 unspecified atom stereocenters.